The van der Waals surface area contributed by atoms with Gasteiger partial charge >= 0.3 is 0 Å². The van der Waals surface area contributed by atoms with Crippen molar-refractivity contribution in [2.45, 2.75) is 27.7 Å². The summed E-state index contributed by atoms with van der Waals surface area (Å²) in [6.07, 6.45) is 0. The molecule has 0 radical (unpaired) electrons. The highest BCUT2D eigenvalue weighted by molar-refractivity contribution is 6.02. The molecule has 0 saturated heterocycles. The summed E-state index contributed by atoms with van der Waals surface area (Å²) in [5, 5.41) is 11.9. The third-order valence-electron chi connectivity index (χ3n) is 13.2. The summed E-state index contributed by atoms with van der Waals surface area (Å²) in [6, 6.07) is 79.5. The van der Waals surface area contributed by atoms with E-state index in [0.29, 0.717) is 11.3 Å². The van der Waals surface area contributed by atoms with E-state index >= 15 is 0 Å². The molecular weight excluding hydrogens is 853 g/mol. The first-order valence-corrected chi connectivity index (χ1v) is 23.5. The van der Waals surface area contributed by atoms with Gasteiger partial charge in [-0.25, -0.2) is 4.85 Å². The Morgan fingerprint density at radius 1 is 0.386 bits per heavy atom. The average molecular weight is 901 g/mol. The Kier molecular flexibility index (Phi) is 11.1. The molecule has 2 heterocycles. The molecule has 6 nitrogen and oxygen atoms in total. The molecule has 0 fully saturated rings. The Morgan fingerprint density at radius 3 is 0.986 bits per heavy atom. The summed E-state index contributed by atoms with van der Waals surface area (Å²) >= 11 is 0. The molecule has 0 N–H and O–H groups in total. The van der Waals surface area contributed by atoms with Crippen LogP contribution in [0.15, 0.2) is 218 Å². The molecule has 0 atom stereocenters. The Labute approximate surface area is 409 Å². The minimum atomic E-state index is 0.602. The minimum Gasteiger partial charge on any atom is -0.311 e. The molecular formula is C64H48N6. The van der Waals surface area contributed by atoms with Gasteiger partial charge < -0.3 is 18.9 Å². The summed E-state index contributed by atoms with van der Waals surface area (Å²) < 4.78 is 4.68. The number of nitriles is 1. The lowest BCUT2D eigenvalue weighted by atomic mass is 10.1. The van der Waals surface area contributed by atoms with Gasteiger partial charge in [-0.1, -0.05) is 107 Å². The Morgan fingerprint density at radius 2 is 0.686 bits per heavy atom. The van der Waals surface area contributed by atoms with Crippen LogP contribution in [-0.2, 0) is 0 Å². The second kappa shape index (κ2) is 18.0. The minimum absolute atomic E-state index is 0.602. The van der Waals surface area contributed by atoms with Crippen LogP contribution < -0.4 is 9.80 Å². The van der Waals surface area contributed by atoms with Gasteiger partial charge in [-0.15, -0.1) is 0 Å². The highest BCUT2D eigenvalue weighted by Gasteiger charge is 2.21. The highest BCUT2D eigenvalue weighted by Crippen LogP contribution is 2.42. The molecule has 0 bridgehead atoms. The number of hydrogen-bond donors (Lipinski definition) is 0. The van der Waals surface area contributed by atoms with Crippen molar-refractivity contribution in [3.05, 3.63) is 258 Å². The molecule has 0 aliphatic carbocycles. The largest absolute Gasteiger partial charge is 0.311 e. The predicted molar refractivity (Wildman–Crippen MR) is 290 cm³/mol. The van der Waals surface area contributed by atoms with E-state index in [1.54, 1.807) is 0 Å². The summed E-state index contributed by atoms with van der Waals surface area (Å²) in [6.45, 7) is 16.1. The van der Waals surface area contributed by atoms with E-state index in [9.17, 15) is 5.26 Å². The second-order valence-corrected chi connectivity index (χ2v) is 18.1. The van der Waals surface area contributed by atoms with Crippen LogP contribution in [0.3, 0.4) is 0 Å². The molecule has 334 valence electrons. The maximum Gasteiger partial charge on any atom is 0.187 e. The van der Waals surface area contributed by atoms with Crippen LogP contribution in [0, 0.1) is 45.6 Å². The lowest BCUT2D eigenvalue weighted by Gasteiger charge is -2.26. The van der Waals surface area contributed by atoms with Crippen molar-refractivity contribution in [3.63, 3.8) is 0 Å². The zero-order valence-electron chi connectivity index (χ0n) is 39.5. The molecule has 0 saturated carbocycles. The fraction of sp³-hybridized carbons (Fsp3) is 0.0625. The zero-order chi connectivity index (χ0) is 47.9. The Hall–Kier alpha value is -9.36. The van der Waals surface area contributed by atoms with Gasteiger partial charge in [0, 0.05) is 56.3 Å². The topological polar surface area (TPSA) is 44.5 Å². The van der Waals surface area contributed by atoms with Gasteiger partial charge in [0.1, 0.15) is 0 Å². The third kappa shape index (κ3) is 8.15. The average Bonchev–Trinajstić information content (AvgIpc) is 3.96. The molecule has 11 rings (SSSR count). The van der Waals surface area contributed by atoms with E-state index in [1.165, 1.54) is 22.3 Å². The number of hydrogen-bond acceptors (Lipinski definition) is 3. The van der Waals surface area contributed by atoms with Crippen molar-refractivity contribution in [2.75, 3.05) is 9.80 Å². The normalized spacial score (nSPS) is 11.1. The van der Waals surface area contributed by atoms with Gasteiger partial charge in [-0.2, -0.15) is 5.26 Å². The quantitative estimate of drug-likeness (QED) is 0.128. The first kappa shape index (κ1) is 43.2. The standard InChI is InChI=1S/C64H48N6/c1-43-6-22-53(23-7-43)67(54-24-8-44(2)9-25-54)57-30-34-59(35-31-57)69-61(48-16-14-47(42-65)15-17-48)38-50-40-64-51(41-63(50)69)39-62(49-18-20-52(66-5)21-19-49)70(64)60-36-32-58(33-37-60)68(55-26-10-45(3)11-27-55)56-28-12-46(4)13-29-56/h6-41H,1-4H3. The first-order valence-electron chi connectivity index (χ1n) is 23.5. The molecule has 0 amide bonds. The van der Waals surface area contributed by atoms with Crippen LogP contribution in [0.1, 0.15) is 27.8 Å². The molecule has 0 unspecified atom stereocenters. The second-order valence-electron chi connectivity index (χ2n) is 18.1. The maximum absolute atomic E-state index is 9.73. The van der Waals surface area contributed by atoms with Crippen LogP contribution in [-0.4, -0.2) is 9.13 Å². The highest BCUT2D eigenvalue weighted by atomic mass is 15.1. The monoisotopic (exact) mass is 900 g/mol. The van der Waals surface area contributed by atoms with E-state index in [1.807, 2.05) is 48.5 Å². The summed E-state index contributed by atoms with van der Waals surface area (Å²) in [7, 11) is 0. The number of aryl methyl sites for hydroxylation is 4. The Balaban J connectivity index is 1.08. The molecule has 2 aromatic heterocycles. The van der Waals surface area contributed by atoms with Crippen molar-refractivity contribution >= 4 is 61.6 Å². The van der Waals surface area contributed by atoms with Gasteiger partial charge in [0.05, 0.1) is 40.6 Å². The van der Waals surface area contributed by atoms with E-state index in [4.69, 9.17) is 6.57 Å². The van der Waals surface area contributed by atoms with E-state index in [-0.39, 0.29) is 0 Å². The van der Waals surface area contributed by atoms with Gasteiger partial charge in [-0.05, 0) is 172 Å². The number of anilines is 6. The van der Waals surface area contributed by atoms with Crippen LogP contribution >= 0.6 is 0 Å². The SMILES string of the molecule is [C-]#[N+]c1ccc(-c2cc3cc4c(cc(-c5ccc(C#N)cc5)n4-c4ccc(N(c5ccc(C)cc5)c5ccc(C)cc5)cc4)cc3n2-c2ccc(N(c3ccc(C)cc3)c3ccc(C)cc3)cc2)cc1. The summed E-state index contributed by atoms with van der Waals surface area (Å²) in [5.41, 5.74) is 20.7. The van der Waals surface area contributed by atoms with Gasteiger partial charge in [0.25, 0.3) is 0 Å². The molecule has 0 aliphatic heterocycles. The van der Waals surface area contributed by atoms with Crippen molar-refractivity contribution in [1.82, 2.24) is 9.13 Å². The van der Waals surface area contributed by atoms with Crippen LogP contribution in [0.2, 0.25) is 0 Å². The van der Waals surface area contributed by atoms with Gasteiger partial charge in [0.15, 0.2) is 5.69 Å². The fourth-order valence-corrected chi connectivity index (χ4v) is 9.49. The number of benzene rings is 9. The maximum atomic E-state index is 9.73. The number of fused-ring (bicyclic) bond motifs is 2. The van der Waals surface area contributed by atoms with Crippen molar-refractivity contribution in [3.8, 4) is 40.0 Å². The Bertz CT molecular complexity index is 3410. The molecule has 70 heavy (non-hydrogen) atoms. The zero-order valence-corrected chi connectivity index (χ0v) is 39.5. The van der Waals surface area contributed by atoms with E-state index in [0.717, 1.165) is 89.8 Å². The van der Waals surface area contributed by atoms with Crippen molar-refractivity contribution in [2.24, 2.45) is 0 Å². The molecule has 0 aliphatic rings. The third-order valence-corrected chi connectivity index (χ3v) is 13.2. The molecule has 9 aromatic carbocycles. The van der Waals surface area contributed by atoms with Crippen LogP contribution in [0.5, 0.6) is 0 Å². The van der Waals surface area contributed by atoms with Crippen LogP contribution in [0.25, 0.3) is 60.5 Å². The lowest BCUT2D eigenvalue weighted by molar-refractivity contribution is 1.13. The lowest BCUT2D eigenvalue weighted by Crippen LogP contribution is -2.10. The summed E-state index contributed by atoms with van der Waals surface area (Å²) in [4.78, 5) is 8.29. The predicted octanol–water partition coefficient (Wildman–Crippen LogP) is 17.5. The van der Waals surface area contributed by atoms with E-state index < -0.39 is 0 Å². The van der Waals surface area contributed by atoms with Crippen molar-refractivity contribution < 1.29 is 0 Å². The molecule has 11 aromatic rings. The van der Waals surface area contributed by atoms with Crippen LogP contribution in [0.4, 0.5) is 39.8 Å². The number of nitrogens with zero attached hydrogens (tertiary/aromatic N) is 6. The van der Waals surface area contributed by atoms with E-state index in [2.05, 4.69) is 227 Å². The molecule has 0 spiro atoms. The molecule has 6 heteroatoms. The number of aromatic nitrogens is 2. The fourth-order valence-electron chi connectivity index (χ4n) is 9.49. The number of rotatable bonds is 10. The van der Waals surface area contributed by atoms with Gasteiger partial charge in [0.2, 0.25) is 0 Å². The smallest absolute Gasteiger partial charge is 0.187 e. The summed E-state index contributed by atoms with van der Waals surface area (Å²) in [5.74, 6) is 0. The van der Waals surface area contributed by atoms with Crippen molar-refractivity contribution in [1.29, 1.82) is 5.26 Å². The van der Waals surface area contributed by atoms with Gasteiger partial charge in [-0.3, -0.25) is 0 Å². The first-order chi connectivity index (χ1) is 34.2.